The van der Waals surface area contributed by atoms with E-state index in [4.69, 9.17) is 28.9 Å². The van der Waals surface area contributed by atoms with Crippen LogP contribution in [0.5, 0.6) is 0 Å². The summed E-state index contributed by atoms with van der Waals surface area (Å²) in [5, 5.41) is 9.97. The Balaban J connectivity index is 1.79. The first-order valence-corrected chi connectivity index (χ1v) is 10.6. The van der Waals surface area contributed by atoms with Crippen LogP contribution < -0.4 is 11.4 Å². The van der Waals surface area contributed by atoms with Crippen LogP contribution in [0, 0.1) is 0 Å². The highest BCUT2D eigenvalue weighted by molar-refractivity contribution is 6.31. The van der Waals surface area contributed by atoms with E-state index >= 15 is 0 Å². The van der Waals surface area contributed by atoms with Crippen molar-refractivity contribution in [1.82, 2.24) is 23.9 Å². The monoisotopic (exact) mass is 454 g/mol. The highest BCUT2D eigenvalue weighted by atomic mass is 35.5. The number of H-pyrrole nitrogens is 1. The average molecular weight is 455 g/mol. The second-order valence-electron chi connectivity index (χ2n) is 7.51. The normalized spacial score (nSPS) is 11.7. The van der Waals surface area contributed by atoms with Gasteiger partial charge in [0.25, 0.3) is 0 Å². The van der Waals surface area contributed by atoms with Crippen LogP contribution in [0.4, 0.5) is 0 Å². The van der Waals surface area contributed by atoms with Crippen molar-refractivity contribution >= 4 is 45.0 Å². The van der Waals surface area contributed by atoms with Gasteiger partial charge in [-0.15, -0.1) is 0 Å². The van der Waals surface area contributed by atoms with Gasteiger partial charge in [-0.25, -0.2) is 14.5 Å². The van der Waals surface area contributed by atoms with Crippen molar-refractivity contribution < 1.29 is 0 Å². The summed E-state index contributed by atoms with van der Waals surface area (Å²) in [4.78, 5) is 12.9. The van der Waals surface area contributed by atoms with Gasteiger partial charge in [-0.05, 0) is 49.4 Å². The minimum atomic E-state index is -0.327. The SMILES string of the molecule is Cn1cc(-c2n[nH]c(=O)n2-c2cn(CCCN)c3ccc(Cl)cc23)c2cc(Cl)ccc21. The highest BCUT2D eigenvalue weighted by Gasteiger charge is 2.21. The quantitative estimate of drug-likeness (QED) is 0.414. The molecule has 0 fully saturated rings. The Bertz CT molecular complexity index is 1490. The minimum absolute atomic E-state index is 0.327. The molecule has 3 aromatic heterocycles. The fourth-order valence-electron chi connectivity index (χ4n) is 4.12. The summed E-state index contributed by atoms with van der Waals surface area (Å²) in [7, 11) is 1.95. The fraction of sp³-hybridized carbons (Fsp3) is 0.182. The molecule has 0 aliphatic carbocycles. The number of nitrogens with two attached hydrogens (primary N) is 1. The van der Waals surface area contributed by atoms with Crippen molar-refractivity contribution in [2.45, 2.75) is 13.0 Å². The number of aromatic amines is 1. The Morgan fingerprint density at radius 1 is 1.03 bits per heavy atom. The van der Waals surface area contributed by atoms with E-state index in [-0.39, 0.29) is 5.69 Å². The number of benzene rings is 2. The van der Waals surface area contributed by atoms with Gasteiger partial charge in [-0.2, -0.15) is 5.10 Å². The number of aromatic nitrogens is 5. The number of aryl methyl sites for hydroxylation is 2. The zero-order chi connectivity index (χ0) is 21.7. The summed E-state index contributed by atoms with van der Waals surface area (Å²) in [6.45, 7) is 1.32. The summed E-state index contributed by atoms with van der Waals surface area (Å²) in [5.41, 5.74) is 8.89. The van der Waals surface area contributed by atoms with Gasteiger partial charge >= 0.3 is 5.69 Å². The third-order valence-corrected chi connectivity index (χ3v) is 6.00. The molecular formula is C22H20Cl2N6O. The Labute approximate surface area is 187 Å². The Hall–Kier alpha value is -3.00. The van der Waals surface area contributed by atoms with Crippen LogP contribution in [0.2, 0.25) is 10.0 Å². The molecule has 0 aliphatic heterocycles. The number of nitrogens with one attached hydrogen (secondary N) is 1. The maximum absolute atomic E-state index is 12.9. The molecule has 0 bridgehead atoms. The van der Waals surface area contributed by atoms with Gasteiger partial charge in [0.05, 0.1) is 11.2 Å². The van der Waals surface area contributed by atoms with Gasteiger partial charge in [0.15, 0.2) is 5.82 Å². The first-order chi connectivity index (χ1) is 15.0. The molecule has 158 valence electrons. The number of fused-ring (bicyclic) bond motifs is 2. The van der Waals surface area contributed by atoms with Crippen molar-refractivity contribution in [3.05, 3.63) is 69.3 Å². The predicted octanol–water partition coefficient (Wildman–Crippen LogP) is 4.33. The Kier molecular flexibility index (Phi) is 4.89. The topological polar surface area (TPSA) is 86.6 Å². The summed E-state index contributed by atoms with van der Waals surface area (Å²) < 4.78 is 5.68. The van der Waals surface area contributed by atoms with E-state index in [0.29, 0.717) is 28.1 Å². The van der Waals surface area contributed by atoms with Crippen LogP contribution in [0.25, 0.3) is 38.9 Å². The molecule has 5 aromatic rings. The molecule has 0 amide bonds. The van der Waals surface area contributed by atoms with E-state index in [0.717, 1.165) is 40.3 Å². The molecule has 0 unspecified atom stereocenters. The molecule has 7 nitrogen and oxygen atoms in total. The van der Waals surface area contributed by atoms with Crippen molar-refractivity contribution in [1.29, 1.82) is 0 Å². The largest absolute Gasteiger partial charge is 0.350 e. The maximum atomic E-state index is 12.9. The molecule has 5 rings (SSSR count). The first-order valence-electron chi connectivity index (χ1n) is 9.89. The number of rotatable bonds is 5. The Morgan fingerprint density at radius 2 is 1.74 bits per heavy atom. The van der Waals surface area contributed by atoms with E-state index in [1.807, 2.05) is 60.4 Å². The van der Waals surface area contributed by atoms with Crippen LogP contribution in [-0.4, -0.2) is 30.4 Å². The molecule has 3 heterocycles. The lowest BCUT2D eigenvalue weighted by Gasteiger charge is -2.04. The van der Waals surface area contributed by atoms with E-state index in [2.05, 4.69) is 14.8 Å². The van der Waals surface area contributed by atoms with E-state index in [9.17, 15) is 4.79 Å². The van der Waals surface area contributed by atoms with Crippen LogP contribution in [0.15, 0.2) is 53.6 Å². The number of hydrogen-bond acceptors (Lipinski definition) is 3. The van der Waals surface area contributed by atoms with Crippen LogP contribution in [-0.2, 0) is 13.6 Å². The summed E-state index contributed by atoms with van der Waals surface area (Å²) >= 11 is 12.6. The van der Waals surface area contributed by atoms with Gasteiger partial charge in [-0.3, -0.25) is 0 Å². The molecule has 31 heavy (non-hydrogen) atoms. The first kappa shape index (κ1) is 19.9. The molecule has 0 radical (unpaired) electrons. The summed E-state index contributed by atoms with van der Waals surface area (Å²) in [6, 6.07) is 11.4. The second-order valence-corrected chi connectivity index (χ2v) is 8.39. The number of nitrogens with zero attached hydrogens (tertiary/aromatic N) is 4. The lowest BCUT2D eigenvalue weighted by Crippen LogP contribution is -2.15. The Morgan fingerprint density at radius 3 is 2.48 bits per heavy atom. The van der Waals surface area contributed by atoms with E-state index in [1.165, 1.54) is 0 Å². The van der Waals surface area contributed by atoms with E-state index < -0.39 is 0 Å². The van der Waals surface area contributed by atoms with Crippen LogP contribution in [0.3, 0.4) is 0 Å². The molecule has 0 saturated heterocycles. The van der Waals surface area contributed by atoms with Gasteiger partial charge in [0.2, 0.25) is 0 Å². The molecular weight excluding hydrogens is 435 g/mol. The summed E-state index contributed by atoms with van der Waals surface area (Å²) in [5.74, 6) is 0.510. The van der Waals surface area contributed by atoms with Crippen LogP contribution >= 0.6 is 23.2 Å². The molecule has 9 heteroatoms. The molecule has 0 spiro atoms. The zero-order valence-corrected chi connectivity index (χ0v) is 18.3. The van der Waals surface area contributed by atoms with Gasteiger partial charge < -0.3 is 14.9 Å². The molecule has 3 N–H and O–H groups in total. The van der Waals surface area contributed by atoms with Crippen molar-refractivity contribution in [3.8, 4) is 17.1 Å². The lowest BCUT2D eigenvalue weighted by atomic mass is 10.1. The van der Waals surface area contributed by atoms with E-state index in [1.54, 1.807) is 4.57 Å². The smallest absolute Gasteiger partial charge is 0.348 e. The standard InChI is InChI=1S/C22H20Cl2N6O/c1-28-11-17(15-9-13(23)3-5-18(15)28)21-26-27-22(31)30(21)20-12-29(8-2-7-25)19-6-4-14(24)10-16(19)20/h3-6,9-12H,2,7-8,25H2,1H3,(H,27,31). The van der Waals surface area contributed by atoms with Crippen molar-refractivity contribution in [3.63, 3.8) is 0 Å². The average Bonchev–Trinajstić information content (AvgIpc) is 3.39. The minimum Gasteiger partial charge on any atom is -0.350 e. The summed E-state index contributed by atoms with van der Waals surface area (Å²) in [6.07, 6.45) is 4.73. The molecule has 2 aromatic carbocycles. The zero-order valence-electron chi connectivity index (χ0n) is 16.8. The predicted molar refractivity (Wildman–Crippen MR) is 125 cm³/mol. The molecule has 0 aliphatic rings. The van der Waals surface area contributed by atoms with Crippen molar-refractivity contribution in [2.24, 2.45) is 12.8 Å². The van der Waals surface area contributed by atoms with Gasteiger partial charge in [0, 0.05) is 57.9 Å². The highest BCUT2D eigenvalue weighted by Crippen LogP contribution is 2.34. The van der Waals surface area contributed by atoms with Gasteiger partial charge in [-0.1, -0.05) is 23.2 Å². The fourth-order valence-corrected chi connectivity index (χ4v) is 4.46. The van der Waals surface area contributed by atoms with Crippen LogP contribution in [0.1, 0.15) is 6.42 Å². The number of halogens is 2. The third kappa shape index (κ3) is 3.26. The molecule has 0 saturated carbocycles. The lowest BCUT2D eigenvalue weighted by molar-refractivity contribution is 0.669. The third-order valence-electron chi connectivity index (χ3n) is 5.53. The maximum Gasteiger partial charge on any atom is 0.348 e. The molecule has 0 atom stereocenters. The van der Waals surface area contributed by atoms with Gasteiger partial charge in [0.1, 0.15) is 0 Å². The number of hydrogen-bond donors (Lipinski definition) is 2. The van der Waals surface area contributed by atoms with Crippen molar-refractivity contribution in [2.75, 3.05) is 6.54 Å². The second kappa shape index (κ2) is 7.60.